The molecule has 0 saturated carbocycles. The summed E-state index contributed by atoms with van der Waals surface area (Å²) in [6, 6.07) is 4.66. The average molecular weight is 333 g/mol. The van der Waals surface area contributed by atoms with Gasteiger partial charge in [-0.2, -0.15) is 13.2 Å². The van der Waals surface area contributed by atoms with Crippen LogP contribution >= 0.6 is 0 Å². The molecule has 1 aromatic rings. The Morgan fingerprint density at radius 2 is 1.74 bits per heavy atom. The number of ether oxygens (including phenoxy) is 1. The van der Waals surface area contributed by atoms with Crippen LogP contribution in [0.4, 0.5) is 18.0 Å². The molecule has 7 heteroatoms. The second-order valence-electron chi connectivity index (χ2n) is 6.51. The van der Waals surface area contributed by atoms with Crippen molar-refractivity contribution in [3.05, 3.63) is 35.4 Å². The first-order chi connectivity index (χ1) is 10.4. The highest BCUT2D eigenvalue weighted by molar-refractivity contribution is 5.69. The van der Waals surface area contributed by atoms with E-state index in [0.717, 1.165) is 12.1 Å². The van der Waals surface area contributed by atoms with Gasteiger partial charge in [-0.1, -0.05) is 12.1 Å². The molecule has 1 atom stereocenters. The molecule has 1 rings (SSSR count). The summed E-state index contributed by atoms with van der Waals surface area (Å²) in [5.74, 6) is 0. The van der Waals surface area contributed by atoms with Gasteiger partial charge in [0, 0.05) is 6.61 Å². The molecule has 0 aliphatic rings. The zero-order valence-corrected chi connectivity index (χ0v) is 13.6. The van der Waals surface area contributed by atoms with Gasteiger partial charge in [0.1, 0.15) is 5.60 Å². The number of aliphatic hydroxyl groups excluding tert-OH is 1. The second kappa shape index (κ2) is 6.78. The lowest BCUT2D eigenvalue weighted by molar-refractivity contribution is -0.137. The average Bonchev–Trinajstić information content (AvgIpc) is 2.35. The SMILES string of the molecule is CC(C)(C)OC(=O)NC(C)(CCO)c1cccc(C(F)(F)F)c1. The van der Waals surface area contributed by atoms with Crippen molar-refractivity contribution in [3.63, 3.8) is 0 Å². The standard InChI is InChI=1S/C16H22F3NO3/c1-14(2,3)23-13(22)20-15(4,8-9-21)11-6-5-7-12(10-11)16(17,18)19/h5-7,10,21H,8-9H2,1-4H3,(H,20,22). The van der Waals surface area contributed by atoms with Crippen LogP contribution in [0.3, 0.4) is 0 Å². The first-order valence-corrected chi connectivity index (χ1v) is 7.17. The Hall–Kier alpha value is -1.76. The zero-order chi connectivity index (χ0) is 17.9. The summed E-state index contributed by atoms with van der Waals surface area (Å²) in [4.78, 5) is 12.0. The summed E-state index contributed by atoms with van der Waals surface area (Å²) < 4.78 is 43.7. The minimum Gasteiger partial charge on any atom is -0.444 e. The van der Waals surface area contributed by atoms with Crippen LogP contribution in [0.15, 0.2) is 24.3 Å². The number of rotatable bonds is 4. The van der Waals surface area contributed by atoms with Crippen LogP contribution in [-0.4, -0.2) is 23.4 Å². The van der Waals surface area contributed by atoms with Crippen molar-refractivity contribution in [2.24, 2.45) is 0 Å². The molecule has 0 aromatic heterocycles. The van der Waals surface area contributed by atoms with Crippen LogP contribution < -0.4 is 5.32 Å². The summed E-state index contributed by atoms with van der Waals surface area (Å²) in [5, 5.41) is 11.8. The van der Waals surface area contributed by atoms with Crippen molar-refractivity contribution in [2.45, 2.75) is 51.4 Å². The third-order valence-corrected chi connectivity index (χ3v) is 3.22. The molecular formula is C16H22F3NO3. The monoisotopic (exact) mass is 333 g/mol. The van der Waals surface area contributed by atoms with Crippen molar-refractivity contribution in [1.82, 2.24) is 5.32 Å². The summed E-state index contributed by atoms with van der Waals surface area (Å²) in [6.07, 6.45) is -5.19. The molecule has 0 fully saturated rings. The van der Waals surface area contributed by atoms with E-state index in [1.807, 2.05) is 0 Å². The van der Waals surface area contributed by atoms with Gasteiger partial charge in [0.2, 0.25) is 0 Å². The van der Waals surface area contributed by atoms with Crippen LogP contribution in [0, 0.1) is 0 Å². The van der Waals surface area contributed by atoms with Crippen LogP contribution in [0.25, 0.3) is 0 Å². The summed E-state index contributed by atoms with van der Waals surface area (Å²) in [7, 11) is 0. The highest BCUT2D eigenvalue weighted by atomic mass is 19.4. The first-order valence-electron chi connectivity index (χ1n) is 7.17. The number of hydrogen-bond donors (Lipinski definition) is 2. The summed E-state index contributed by atoms with van der Waals surface area (Å²) >= 11 is 0. The largest absolute Gasteiger partial charge is 0.444 e. The maximum atomic E-state index is 12.9. The molecule has 0 spiro atoms. The molecule has 1 unspecified atom stereocenters. The Labute approximate surface area is 133 Å². The quantitative estimate of drug-likeness (QED) is 0.880. The second-order valence-corrected chi connectivity index (χ2v) is 6.51. The van der Waals surface area contributed by atoms with Crippen molar-refractivity contribution in [3.8, 4) is 0 Å². The Morgan fingerprint density at radius 3 is 2.22 bits per heavy atom. The highest BCUT2D eigenvalue weighted by Gasteiger charge is 2.35. The molecule has 0 aliphatic carbocycles. The fourth-order valence-corrected chi connectivity index (χ4v) is 2.07. The van der Waals surface area contributed by atoms with Gasteiger partial charge in [-0.05, 0) is 51.8 Å². The number of hydrogen-bond acceptors (Lipinski definition) is 3. The van der Waals surface area contributed by atoms with Gasteiger partial charge >= 0.3 is 12.3 Å². The van der Waals surface area contributed by atoms with E-state index in [0.29, 0.717) is 0 Å². The van der Waals surface area contributed by atoms with Crippen molar-refractivity contribution < 1.29 is 27.8 Å². The first kappa shape index (κ1) is 19.3. The van der Waals surface area contributed by atoms with Gasteiger partial charge in [-0.15, -0.1) is 0 Å². The molecular weight excluding hydrogens is 311 g/mol. The van der Waals surface area contributed by atoms with Crippen LogP contribution in [0.5, 0.6) is 0 Å². The Bertz CT molecular complexity index is 552. The fraction of sp³-hybridized carbons (Fsp3) is 0.562. The Balaban J connectivity index is 3.12. The molecule has 23 heavy (non-hydrogen) atoms. The molecule has 130 valence electrons. The van der Waals surface area contributed by atoms with Crippen molar-refractivity contribution >= 4 is 6.09 Å². The lowest BCUT2D eigenvalue weighted by atomic mass is 9.88. The molecule has 0 saturated heterocycles. The smallest absolute Gasteiger partial charge is 0.416 e. The third-order valence-electron chi connectivity index (χ3n) is 3.22. The van der Waals surface area contributed by atoms with E-state index >= 15 is 0 Å². The van der Waals surface area contributed by atoms with E-state index in [9.17, 15) is 23.1 Å². The van der Waals surface area contributed by atoms with E-state index in [4.69, 9.17) is 4.74 Å². The van der Waals surface area contributed by atoms with Gasteiger partial charge in [0.15, 0.2) is 0 Å². The van der Waals surface area contributed by atoms with E-state index in [2.05, 4.69) is 5.32 Å². The number of carbonyl (C=O) groups is 1. The van der Waals surface area contributed by atoms with Gasteiger partial charge in [-0.3, -0.25) is 0 Å². The predicted molar refractivity (Wildman–Crippen MR) is 79.9 cm³/mol. The predicted octanol–water partition coefficient (Wildman–Crippen LogP) is 3.83. The van der Waals surface area contributed by atoms with Crippen LogP contribution in [0.2, 0.25) is 0 Å². The minimum absolute atomic E-state index is 0.0492. The zero-order valence-electron chi connectivity index (χ0n) is 13.6. The number of carbonyl (C=O) groups excluding carboxylic acids is 1. The van der Waals surface area contributed by atoms with Gasteiger partial charge in [0.25, 0.3) is 0 Å². The lowest BCUT2D eigenvalue weighted by Crippen LogP contribution is -2.46. The Morgan fingerprint density at radius 1 is 1.17 bits per heavy atom. The number of alkyl halides is 3. The van der Waals surface area contributed by atoms with Gasteiger partial charge in [0.05, 0.1) is 11.1 Å². The van der Waals surface area contributed by atoms with E-state index < -0.39 is 29.0 Å². The number of aliphatic hydroxyl groups is 1. The van der Waals surface area contributed by atoms with Gasteiger partial charge < -0.3 is 15.2 Å². The van der Waals surface area contributed by atoms with Crippen LogP contribution in [0.1, 0.15) is 45.2 Å². The number of benzene rings is 1. The minimum atomic E-state index is -4.48. The third kappa shape index (κ3) is 5.74. The molecule has 2 N–H and O–H groups in total. The molecule has 1 aromatic carbocycles. The molecule has 4 nitrogen and oxygen atoms in total. The van der Waals surface area contributed by atoms with E-state index in [1.165, 1.54) is 12.1 Å². The topological polar surface area (TPSA) is 58.6 Å². The number of amides is 1. The van der Waals surface area contributed by atoms with Crippen molar-refractivity contribution in [1.29, 1.82) is 0 Å². The molecule has 0 aliphatic heterocycles. The number of halogens is 3. The van der Waals surface area contributed by atoms with Crippen molar-refractivity contribution in [2.75, 3.05) is 6.61 Å². The van der Waals surface area contributed by atoms with Gasteiger partial charge in [-0.25, -0.2) is 4.79 Å². The van der Waals surface area contributed by atoms with E-state index in [1.54, 1.807) is 27.7 Å². The molecule has 1 amide bonds. The number of alkyl carbamates (subject to hydrolysis) is 1. The number of nitrogens with one attached hydrogen (secondary N) is 1. The maximum absolute atomic E-state index is 12.9. The lowest BCUT2D eigenvalue weighted by Gasteiger charge is -2.32. The molecule has 0 heterocycles. The Kier molecular flexibility index (Phi) is 5.69. The normalized spacial score (nSPS) is 15.0. The fourth-order valence-electron chi connectivity index (χ4n) is 2.07. The molecule has 0 radical (unpaired) electrons. The highest BCUT2D eigenvalue weighted by Crippen LogP contribution is 2.33. The summed E-state index contributed by atoms with van der Waals surface area (Å²) in [5.41, 5.74) is -2.49. The maximum Gasteiger partial charge on any atom is 0.416 e. The molecule has 0 bridgehead atoms. The van der Waals surface area contributed by atoms with E-state index in [-0.39, 0.29) is 18.6 Å². The van der Waals surface area contributed by atoms with Crippen LogP contribution in [-0.2, 0) is 16.5 Å². The summed E-state index contributed by atoms with van der Waals surface area (Å²) in [6.45, 7) is 6.28.